The van der Waals surface area contributed by atoms with E-state index < -0.39 is 6.10 Å². The number of anilines is 1. The molecule has 0 aliphatic rings. The van der Waals surface area contributed by atoms with Crippen LogP contribution in [0.1, 0.15) is 19.8 Å². The van der Waals surface area contributed by atoms with Crippen molar-refractivity contribution in [2.75, 3.05) is 11.9 Å². The number of guanidine groups is 1. The largest absolute Gasteiger partial charge is 0.391 e. The van der Waals surface area contributed by atoms with Crippen molar-refractivity contribution in [1.82, 2.24) is 0 Å². The van der Waals surface area contributed by atoms with Gasteiger partial charge >= 0.3 is 0 Å². The molecule has 0 aliphatic heterocycles. The first kappa shape index (κ1) is 12.5. The monoisotopic (exact) mass is 221 g/mol. The average Bonchev–Trinajstić information content (AvgIpc) is 2.28. The fourth-order valence-electron chi connectivity index (χ4n) is 1.34. The summed E-state index contributed by atoms with van der Waals surface area (Å²) < 4.78 is 0. The van der Waals surface area contributed by atoms with Gasteiger partial charge in [0.15, 0.2) is 5.96 Å². The number of rotatable bonds is 5. The third-order valence-corrected chi connectivity index (χ3v) is 2.14. The molecule has 1 rings (SSSR count). The Morgan fingerprint density at radius 3 is 2.75 bits per heavy atom. The molecule has 1 atom stereocenters. The highest BCUT2D eigenvalue weighted by Crippen LogP contribution is 2.04. The number of aliphatic hydroxyl groups excluding tert-OH is 1. The molecule has 1 aromatic carbocycles. The Morgan fingerprint density at radius 1 is 1.44 bits per heavy atom. The number of aliphatic hydroxyl groups is 1. The van der Waals surface area contributed by atoms with Crippen molar-refractivity contribution in [2.45, 2.75) is 25.9 Å². The Balaban J connectivity index is 2.40. The summed E-state index contributed by atoms with van der Waals surface area (Å²) in [4.78, 5) is 4.07. The number of nitrogens with zero attached hydrogens (tertiary/aromatic N) is 1. The van der Waals surface area contributed by atoms with E-state index in [-0.39, 0.29) is 0 Å². The second-order valence-electron chi connectivity index (χ2n) is 3.66. The molecule has 4 nitrogen and oxygen atoms in total. The van der Waals surface area contributed by atoms with Crippen LogP contribution in [-0.2, 0) is 0 Å². The molecular formula is C12H19N3O. The summed E-state index contributed by atoms with van der Waals surface area (Å²) in [5.74, 6) is 0.335. The predicted molar refractivity (Wildman–Crippen MR) is 67.5 cm³/mol. The van der Waals surface area contributed by atoms with E-state index in [0.717, 1.165) is 18.5 Å². The molecular weight excluding hydrogens is 202 g/mol. The summed E-state index contributed by atoms with van der Waals surface area (Å²) in [7, 11) is 0. The van der Waals surface area contributed by atoms with E-state index in [1.807, 2.05) is 37.3 Å². The van der Waals surface area contributed by atoms with E-state index in [1.54, 1.807) is 0 Å². The number of hydrogen-bond acceptors (Lipinski definition) is 2. The Kier molecular flexibility index (Phi) is 5.36. The zero-order valence-corrected chi connectivity index (χ0v) is 9.56. The maximum Gasteiger partial charge on any atom is 0.193 e. The van der Waals surface area contributed by atoms with Gasteiger partial charge in [0.25, 0.3) is 0 Å². The number of aliphatic imine (C=N–C) groups is 1. The SMILES string of the molecule is CCCC(O)CN=C(N)Nc1ccccc1. The van der Waals surface area contributed by atoms with Crippen LogP contribution in [0.2, 0.25) is 0 Å². The van der Waals surface area contributed by atoms with Crippen LogP contribution in [0.4, 0.5) is 5.69 Å². The standard InChI is InChI=1S/C12H19N3O/c1-2-6-11(16)9-14-12(13)15-10-7-4-3-5-8-10/h3-5,7-8,11,16H,2,6,9H2,1H3,(H3,13,14,15). The first-order chi connectivity index (χ1) is 7.72. The van der Waals surface area contributed by atoms with Crippen LogP contribution in [0.5, 0.6) is 0 Å². The van der Waals surface area contributed by atoms with Crippen LogP contribution < -0.4 is 11.1 Å². The number of nitrogens with two attached hydrogens (primary N) is 1. The Morgan fingerprint density at radius 2 is 2.12 bits per heavy atom. The highest BCUT2D eigenvalue weighted by Gasteiger charge is 2.01. The molecule has 1 unspecified atom stereocenters. The van der Waals surface area contributed by atoms with Gasteiger partial charge < -0.3 is 16.2 Å². The number of para-hydroxylation sites is 1. The van der Waals surface area contributed by atoms with Crippen LogP contribution in [0.3, 0.4) is 0 Å². The van der Waals surface area contributed by atoms with Gasteiger partial charge in [-0.25, -0.2) is 0 Å². The fraction of sp³-hybridized carbons (Fsp3) is 0.417. The molecule has 88 valence electrons. The van der Waals surface area contributed by atoms with Crippen LogP contribution in [-0.4, -0.2) is 23.7 Å². The van der Waals surface area contributed by atoms with E-state index in [0.29, 0.717) is 12.5 Å². The minimum absolute atomic E-state index is 0.335. The predicted octanol–water partition coefficient (Wildman–Crippen LogP) is 1.57. The van der Waals surface area contributed by atoms with Gasteiger partial charge in [-0.05, 0) is 18.6 Å². The average molecular weight is 221 g/mol. The van der Waals surface area contributed by atoms with Gasteiger partial charge in [0.1, 0.15) is 0 Å². The molecule has 16 heavy (non-hydrogen) atoms. The van der Waals surface area contributed by atoms with E-state index in [2.05, 4.69) is 10.3 Å². The molecule has 0 spiro atoms. The van der Waals surface area contributed by atoms with Crippen molar-refractivity contribution in [3.63, 3.8) is 0 Å². The maximum atomic E-state index is 9.47. The smallest absolute Gasteiger partial charge is 0.193 e. The highest BCUT2D eigenvalue weighted by atomic mass is 16.3. The molecule has 0 fully saturated rings. The summed E-state index contributed by atoms with van der Waals surface area (Å²) in [6, 6.07) is 9.59. The molecule has 0 radical (unpaired) electrons. The maximum absolute atomic E-state index is 9.47. The minimum Gasteiger partial charge on any atom is -0.391 e. The van der Waals surface area contributed by atoms with Crippen LogP contribution in [0.25, 0.3) is 0 Å². The van der Waals surface area contributed by atoms with Crippen molar-refractivity contribution in [2.24, 2.45) is 10.7 Å². The van der Waals surface area contributed by atoms with Gasteiger partial charge in [-0.15, -0.1) is 0 Å². The number of nitrogens with one attached hydrogen (secondary N) is 1. The second kappa shape index (κ2) is 6.85. The van der Waals surface area contributed by atoms with Crippen molar-refractivity contribution >= 4 is 11.6 Å². The third-order valence-electron chi connectivity index (χ3n) is 2.14. The Labute approximate surface area is 96.2 Å². The summed E-state index contributed by atoms with van der Waals surface area (Å²) in [5.41, 5.74) is 6.57. The van der Waals surface area contributed by atoms with Crippen molar-refractivity contribution in [1.29, 1.82) is 0 Å². The molecule has 0 bridgehead atoms. The zero-order valence-electron chi connectivity index (χ0n) is 9.56. The summed E-state index contributed by atoms with van der Waals surface area (Å²) in [6.07, 6.45) is 1.30. The lowest BCUT2D eigenvalue weighted by atomic mass is 10.2. The van der Waals surface area contributed by atoms with Crippen molar-refractivity contribution < 1.29 is 5.11 Å². The molecule has 0 amide bonds. The van der Waals surface area contributed by atoms with Crippen molar-refractivity contribution in [3.8, 4) is 0 Å². The van der Waals surface area contributed by atoms with Crippen LogP contribution >= 0.6 is 0 Å². The summed E-state index contributed by atoms with van der Waals surface area (Å²) in [5, 5.41) is 12.4. The van der Waals surface area contributed by atoms with Gasteiger partial charge in [0.2, 0.25) is 0 Å². The van der Waals surface area contributed by atoms with Crippen LogP contribution in [0.15, 0.2) is 35.3 Å². The lowest BCUT2D eigenvalue weighted by Crippen LogP contribution is -2.24. The van der Waals surface area contributed by atoms with Gasteiger partial charge in [0.05, 0.1) is 12.6 Å². The van der Waals surface area contributed by atoms with Gasteiger partial charge in [-0.1, -0.05) is 31.5 Å². The number of hydrogen-bond donors (Lipinski definition) is 3. The second-order valence-corrected chi connectivity index (χ2v) is 3.66. The van der Waals surface area contributed by atoms with E-state index in [4.69, 9.17) is 5.73 Å². The Bertz CT molecular complexity index is 324. The van der Waals surface area contributed by atoms with Gasteiger partial charge in [0, 0.05) is 5.69 Å². The van der Waals surface area contributed by atoms with Gasteiger partial charge in [-0.3, -0.25) is 4.99 Å². The third kappa shape index (κ3) is 4.79. The molecule has 4 heteroatoms. The van der Waals surface area contributed by atoms with Gasteiger partial charge in [-0.2, -0.15) is 0 Å². The molecule has 0 saturated heterocycles. The molecule has 4 N–H and O–H groups in total. The molecule has 1 aromatic rings. The molecule has 0 aliphatic carbocycles. The minimum atomic E-state index is -0.402. The van der Waals surface area contributed by atoms with Crippen molar-refractivity contribution in [3.05, 3.63) is 30.3 Å². The summed E-state index contributed by atoms with van der Waals surface area (Å²) >= 11 is 0. The molecule has 0 heterocycles. The van der Waals surface area contributed by atoms with E-state index >= 15 is 0 Å². The normalized spacial score (nSPS) is 13.5. The number of benzene rings is 1. The lowest BCUT2D eigenvalue weighted by molar-refractivity contribution is 0.172. The quantitative estimate of drug-likeness (QED) is 0.522. The Hall–Kier alpha value is -1.55. The zero-order chi connectivity index (χ0) is 11.8. The highest BCUT2D eigenvalue weighted by molar-refractivity contribution is 5.92. The first-order valence-corrected chi connectivity index (χ1v) is 5.52. The lowest BCUT2D eigenvalue weighted by Gasteiger charge is -2.08. The molecule has 0 aromatic heterocycles. The van der Waals surface area contributed by atoms with E-state index in [1.165, 1.54) is 0 Å². The fourth-order valence-corrected chi connectivity index (χ4v) is 1.34. The summed E-state index contributed by atoms with van der Waals surface area (Å²) in [6.45, 7) is 2.37. The van der Waals surface area contributed by atoms with E-state index in [9.17, 15) is 5.11 Å². The molecule has 0 saturated carbocycles. The van der Waals surface area contributed by atoms with Crippen LogP contribution in [0, 0.1) is 0 Å². The first-order valence-electron chi connectivity index (χ1n) is 5.52. The topological polar surface area (TPSA) is 70.6 Å².